The highest BCUT2D eigenvalue weighted by atomic mass is 16.5. The molecule has 5 heterocycles. The predicted molar refractivity (Wildman–Crippen MR) is 107 cm³/mol. The molecule has 2 fully saturated rings. The number of pyridine rings is 2. The third kappa shape index (κ3) is 3.73. The second-order valence-electron chi connectivity index (χ2n) is 7.69. The number of hydrogen-bond acceptors (Lipinski definition) is 6. The van der Waals surface area contributed by atoms with Crippen LogP contribution < -0.4 is 0 Å². The van der Waals surface area contributed by atoms with Gasteiger partial charge in [0.15, 0.2) is 5.65 Å². The van der Waals surface area contributed by atoms with Crippen LogP contribution in [0.3, 0.4) is 0 Å². The van der Waals surface area contributed by atoms with E-state index in [1.54, 1.807) is 6.20 Å². The van der Waals surface area contributed by atoms with Crippen LogP contribution >= 0.6 is 0 Å². The van der Waals surface area contributed by atoms with Crippen molar-refractivity contribution in [2.24, 2.45) is 0 Å². The molecule has 0 aromatic carbocycles. The van der Waals surface area contributed by atoms with Gasteiger partial charge in [-0.05, 0) is 36.7 Å². The second kappa shape index (κ2) is 7.88. The van der Waals surface area contributed by atoms with Crippen molar-refractivity contribution in [3.63, 3.8) is 0 Å². The summed E-state index contributed by atoms with van der Waals surface area (Å²) in [4.78, 5) is 21.3. The third-order valence-corrected chi connectivity index (χ3v) is 5.74. The van der Waals surface area contributed by atoms with Crippen LogP contribution in [0.15, 0.2) is 42.9 Å². The zero-order chi connectivity index (χ0) is 19.6. The van der Waals surface area contributed by atoms with E-state index in [1.165, 1.54) is 5.56 Å². The van der Waals surface area contributed by atoms with Gasteiger partial charge in [0.05, 0.1) is 18.8 Å². The van der Waals surface area contributed by atoms with Gasteiger partial charge in [0.2, 0.25) is 0 Å². The highest BCUT2D eigenvalue weighted by molar-refractivity contribution is 5.94. The number of likely N-dealkylation sites (tertiary alicyclic amines) is 1. The Morgan fingerprint density at radius 3 is 2.86 bits per heavy atom. The predicted octanol–water partition coefficient (Wildman–Crippen LogP) is 1.59. The summed E-state index contributed by atoms with van der Waals surface area (Å²) in [7, 11) is 0. The molecule has 0 N–H and O–H groups in total. The van der Waals surface area contributed by atoms with Gasteiger partial charge in [0, 0.05) is 50.7 Å². The number of fused-ring (bicyclic) bond motifs is 1. The number of hydrogen-bond donors (Lipinski definition) is 0. The molecule has 3 aromatic rings. The van der Waals surface area contributed by atoms with E-state index >= 15 is 0 Å². The van der Waals surface area contributed by atoms with Crippen molar-refractivity contribution in [3.8, 4) is 0 Å². The summed E-state index contributed by atoms with van der Waals surface area (Å²) in [6.45, 7) is 5.30. The van der Waals surface area contributed by atoms with Crippen LogP contribution in [-0.4, -0.2) is 74.7 Å². The van der Waals surface area contributed by atoms with E-state index in [1.807, 2.05) is 39.9 Å². The number of carbonyl (C=O) groups excluding carboxylic acids is 1. The Morgan fingerprint density at radius 2 is 2.03 bits per heavy atom. The number of aromatic nitrogens is 4. The van der Waals surface area contributed by atoms with Crippen molar-refractivity contribution < 1.29 is 9.53 Å². The Balaban J connectivity index is 1.34. The number of rotatable bonds is 4. The van der Waals surface area contributed by atoms with Crippen molar-refractivity contribution in [3.05, 3.63) is 59.8 Å². The molecule has 0 aliphatic carbocycles. The fourth-order valence-corrected chi connectivity index (χ4v) is 4.20. The Kier molecular flexibility index (Phi) is 4.95. The van der Waals surface area contributed by atoms with E-state index < -0.39 is 0 Å². The maximum absolute atomic E-state index is 12.9. The zero-order valence-corrected chi connectivity index (χ0v) is 16.3. The number of carbonyl (C=O) groups is 1. The number of nitrogens with zero attached hydrogens (tertiary/aromatic N) is 6. The average molecular weight is 392 g/mol. The maximum atomic E-state index is 12.9. The van der Waals surface area contributed by atoms with Crippen molar-refractivity contribution in [2.75, 3.05) is 39.4 Å². The Hall–Kier alpha value is -2.84. The van der Waals surface area contributed by atoms with Crippen LogP contribution in [-0.2, 0) is 11.3 Å². The van der Waals surface area contributed by atoms with E-state index in [2.05, 4.69) is 26.1 Å². The summed E-state index contributed by atoms with van der Waals surface area (Å²) < 4.78 is 7.35. The van der Waals surface area contributed by atoms with Gasteiger partial charge >= 0.3 is 0 Å². The molecule has 3 aromatic heterocycles. The lowest BCUT2D eigenvalue weighted by Crippen LogP contribution is -2.40. The third-order valence-electron chi connectivity index (χ3n) is 5.74. The number of ether oxygens (including phenoxy) is 1. The van der Waals surface area contributed by atoms with Crippen LogP contribution in [0.5, 0.6) is 0 Å². The smallest absolute Gasteiger partial charge is 0.255 e. The van der Waals surface area contributed by atoms with Crippen LogP contribution in [0.1, 0.15) is 34.1 Å². The quantitative estimate of drug-likeness (QED) is 0.671. The number of amides is 1. The highest BCUT2D eigenvalue weighted by Crippen LogP contribution is 2.27. The molecule has 0 spiro atoms. The van der Waals surface area contributed by atoms with Crippen molar-refractivity contribution in [1.29, 1.82) is 0 Å². The first kappa shape index (κ1) is 18.2. The van der Waals surface area contributed by atoms with Gasteiger partial charge in [-0.15, -0.1) is 10.2 Å². The maximum Gasteiger partial charge on any atom is 0.255 e. The Morgan fingerprint density at radius 1 is 1.14 bits per heavy atom. The molecular weight excluding hydrogens is 368 g/mol. The van der Waals surface area contributed by atoms with E-state index in [0.717, 1.165) is 37.5 Å². The molecule has 0 saturated carbocycles. The molecule has 1 amide bonds. The van der Waals surface area contributed by atoms with E-state index in [0.29, 0.717) is 37.8 Å². The molecule has 1 atom stereocenters. The SMILES string of the molecule is O=C(c1ccc2nnc([C@@H]3CCN(Cc4cccnc4)C3)n2c1)N1CCOCC1. The van der Waals surface area contributed by atoms with E-state index in [-0.39, 0.29) is 5.91 Å². The second-order valence-corrected chi connectivity index (χ2v) is 7.69. The standard InChI is InChI=1S/C21H24N6O2/c28-21(26-8-10-29-11-9-26)18-3-4-19-23-24-20(27(19)15-18)17-5-7-25(14-17)13-16-2-1-6-22-12-16/h1-4,6,12,15,17H,5,7-11,13-14H2/t17-/m1/s1. The van der Waals surface area contributed by atoms with Gasteiger partial charge < -0.3 is 9.64 Å². The molecule has 5 rings (SSSR count). The molecule has 2 saturated heterocycles. The summed E-state index contributed by atoms with van der Waals surface area (Å²) in [5, 5.41) is 8.79. The topological polar surface area (TPSA) is 75.9 Å². The molecule has 8 nitrogen and oxygen atoms in total. The number of morpholine rings is 1. The molecule has 0 radical (unpaired) electrons. The largest absolute Gasteiger partial charge is 0.378 e. The van der Waals surface area contributed by atoms with E-state index in [9.17, 15) is 4.79 Å². The van der Waals surface area contributed by atoms with Crippen molar-refractivity contribution in [2.45, 2.75) is 18.9 Å². The molecule has 0 bridgehead atoms. The van der Waals surface area contributed by atoms with Crippen LogP contribution in [0, 0.1) is 0 Å². The Labute approximate surface area is 169 Å². The Bertz CT molecular complexity index is 999. The monoisotopic (exact) mass is 392 g/mol. The molecule has 150 valence electrons. The van der Waals surface area contributed by atoms with Crippen LogP contribution in [0.4, 0.5) is 0 Å². The van der Waals surface area contributed by atoms with Gasteiger partial charge in [0.1, 0.15) is 5.82 Å². The molecule has 2 aliphatic heterocycles. The summed E-state index contributed by atoms with van der Waals surface area (Å²) in [5.74, 6) is 1.28. The first-order valence-corrected chi connectivity index (χ1v) is 10.1. The molecule has 2 aliphatic rings. The lowest BCUT2D eigenvalue weighted by molar-refractivity contribution is 0.0302. The zero-order valence-electron chi connectivity index (χ0n) is 16.3. The average Bonchev–Trinajstić information content (AvgIpc) is 3.41. The van der Waals surface area contributed by atoms with Gasteiger partial charge in [-0.25, -0.2) is 0 Å². The summed E-state index contributed by atoms with van der Waals surface area (Å²) in [6, 6.07) is 7.81. The minimum Gasteiger partial charge on any atom is -0.378 e. The van der Waals surface area contributed by atoms with Crippen LogP contribution in [0.25, 0.3) is 5.65 Å². The minimum absolute atomic E-state index is 0.0412. The van der Waals surface area contributed by atoms with E-state index in [4.69, 9.17) is 4.74 Å². The first-order valence-electron chi connectivity index (χ1n) is 10.1. The lowest BCUT2D eigenvalue weighted by atomic mass is 10.1. The first-order chi connectivity index (χ1) is 14.3. The lowest BCUT2D eigenvalue weighted by Gasteiger charge is -2.26. The minimum atomic E-state index is 0.0412. The molecule has 8 heteroatoms. The van der Waals surface area contributed by atoms with Gasteiger partial charge in [0.25, 0.3) is 5.91 Å². The fraction of sp³-hybridized carbons (Fsp3) is 0.429. The molecule has 0 unspecified atom stereocenters. The summed E-state index contributed by atoms with van der Waals surface area (Å²) in [6.07, 6.45) is 6.65. The summed E-state index contributed by atoms with van der Waals surface area (Å²) >= 11 is 0. The normalized spacial score (nSPS) is 20.4. The molecular formula is C21H24N6O2. The summed E-state index contributed by atoms with van der Waals surface area (Å²) in [5.41, 5.74) is 2.67. The van der Waals surface area contributed by atoms with Crippen LogP contribution in [0.2, 0.25) is 0 Å². The molecule has 29 heavy (non-hydrogen) atoms. The van der Waals surface area contributed by atoms with Crippen molar-refractivity contribution in [1.82, 2.24) is 29.4 Å². The van der Waals surface area contributed by atoms with Crippen molar-refractivity contribution >= 4 is 11.6 Å². The van der Waals surface area contributed by atoms with Gasteiger partial charge in [-0.3, -0.25) is 19.1 Å². The fourth-order valence-electron chi connectivity index (χ4n) is 4.20. The van der Waals surface area contributed by atoms with Gasteiger partial charge in [-0.2, -0.15) is 0 Å². The highest BCUT2D eigenvalue weighted by Gasteiger charge is 2.28. The van der Waals surface area contributed by atoms with Gasteiger partial charge in [-0.1, -0.05) is 6.07 Å².